The predicted octanol–water partition coefficient (Wildman–Crippen LogP) is 0.512. The Morgan fingerprint density at radius 1 is 1.45 bits per heavy atom. The lowest BCUT2D eigenvalue weighted by Gasteiger charge is -2.23. The van der Waals surface area contributed by atoms with Crippen LogP contribution in [0.1, 0.15) is 13.8 Å². The molecule has 3 nitrogen and oxygen atoms in total. The van der Waals surface area contributed by atoms with Gasteiger partial charge in [0.05, 0.1) is 11.5 Å². The van der Waals surface area contributed by atoms with E-state index in [1.807, 2.05) is 13.8 Å². The smallest absolute Gasteiger partial charge is 0.151 e. The normalized spacial score (nSPS) is 22.4. The van der Waals surface area contributed by atoms with Gasteiger partial charge in [-0.05, 0) is 13.8 Å². The van der Waals surface area contributed by atoms with Gasteiger partial charge in [0, 0.05) is 18.2 Å². The second-order valence-corrected chi connectivity index (χ2v) is 5.38. The second kappa shape index (κ2) is 2.93. The monoisotopic (exact) mass is 175 g/mol. The molecule has 11 heavy (non-hydrogen) atoms. The van der Waals surface area contributed by atoms with E-state index in [1.165, 1.54) is 0 Å². The molecule has 4 heteroatoms. The Morgan fingerprint density at radius 2 is 2.00 bits per heavy atom. The minimum absolute atomic E-state index is 0.287. The third-order valence-corrected chi connectivity index (χ3v) is 3.60. The van der Waals surface area contributed by atoms with E-state index in [0.717, 1.165) is 5.71 Å². The third kappa shape index (κ3) is 2.61. The van der Waals surface area contributed by atoms with Gasteiger partial charge in [0.15, 0.2) is 9.84 Å². The summed E-state index contributed by atoms with van der Waals surface area (Å²) in [7, 11) is -2.65. The number of rotatable bonds is 2. The molecule has 1 fully saturated rings. The average Bonchev–Trinajstić information content (AvgIpc) is 1.78. The van der Waals surface area contributed by atoms with Crippen molar-refractivity contribution >= 4 is 15.5 Å². The number of aliphatic imine (C=N–C) groups is 1. The van der Waals surface area contributed by atoms with E-state index in [9.17, 15) is 8.42 Å². The van der Waals surface area contributed by atoms with E-state index in [-0.39, 0.29) is 5.92 Å². The summed E-state index contributed by atoms with van der Waals surface area (Å²) in [6.07, 6.45) is 0. The molecule has 0 spiro atoms. The first-order valence-electron chi connectivity index (χ1n) is 3.68. The summed E-state index contributed by atoms with van der Waals surface area (Å²) in [6, 6.07) is 0. The zero-order valence-electron chi connectivity index (χ0n) is 6.87. The van der Waals surface area contributed by atoms with E-state index in [0.29, 0.717) is 18.1 Å². The van der Waals surface area contributed by atoms with Gasteiger partial charge in [-0.3, -0.25) is 4.99 Å². The van der Waals surface area contributed by atoms with Crippen LogP contribution < -0.4 is 0 Å². The fourth-order valence-corrected chi connectivity index (χ4v) is 2.64. The van der Waals surface area contributed by atoms with Crippen molar-refractivity contribution in [2.45, 2.75) is 13.8 Å². The summed E-state index contributed by atoms with van der Waals surface area (Å²) in [5.41, 5.74) is 1.02. The maximum atomic E-state index is 10.7. The first-order chi connectivity index (χ1) is 4.99. The van der Waals surface area contributed by atoms with Crippen LogP contribution in [0.25, 0.3) is 0 Å². The highest BCUT2D eigenvalue weighted by Crippen LogP contribution is 2.17. The Hall–Kier alpha value is -0.380. The molecule has 1 aliphatic heterocycles. The molecule has 1 aliphatic rings. The van der Waals surface area contributed by atoms with Crippen LogP contribution in [-0.4, -0.2) is 32.2 Å². The van der Waals surface area contributed by atoms with E-state index in [4.69, 9.17) is 0 Å². The molecule has 64 valence electrons. The molecular formula is C7H13NO2S. The minimum Gasteiger partial charge on any atom is -0.294 e. The van der Waals surface area contributed by atoms with Crippen molar-refractivity contribution in [2.75, 3.05) is 18.1 Å². The molecule has 0 aromatic heterocycles. The molecule has 0 unspecified atom stereocenters. The van der Waals surface area contributed by atoms with Crippen molar-refractivity contribution in [3.8, 4) is 0 Å². The van der Waals surface area contributed by atoms with Gasteiger partial charge in [-0.25, -0.2) is 8.42 Å². The summed E-state index contributed by atoms with van der Waals surface area (Å²) >= 11 is 0. The van der Waals surface area contributed by atoms with Crippen molar-refractivity contribution in [1.29, 1.82) is 0 Å². The lowest BCUT2D eigenvalue weighted by atomic mass is 10.2. The largest absolute Gasteiger partial charge is 0.294 e. The van der Waals surface area contributed by atoms with Crippen LogP contribution in [0, 0.1) is 5.92 Å². The van der Waals surface area contributed by atoms with Gasteiger partial charge in [0.25, 0.3) is 0 Å². The molecule has 0 aromatic carbocycles. The fraction of sp³-hybridized carbons (Fsp3) is 0.857. The highest BCUT2D eigenvalue weighted by atomic mass is 32.2. The van der Waals surface area contributed by atoms with Gasteiger partial charge < -0.3 is 0 Å². The molecule has 0 saturated carbocycles. The Bertz CT molecular complexity index is 250. The van der Waals surface area contributed by atoms with Crippen LogP contribution in [0.3, 0.4) is 0 Å². The maximum Gasteiger partial charge on any atom is 0.151 e. The van der Waals surface area contributed by atoms with E-state index < -0.39 is 9.84 Å². The Balaban J connectivity index is 2.30. The molecule has 0 atom stereocenters. The lowest BCUT2D eigenvalue weighted by molar-refractivity contribution is 0.527. The summed E-state index contributed by atoms with van der Waals surface area (Å²) in [4.78, 5) is 4.16. The van der Waals surface area contributed by atoms with Crippen LogP contribution in [0.2, 0.25) is 0 Å². The Labute approximate surface area is 67.4 Å². The number of nitrogens with zero attached hydrogens (tertiary/aromatic N) is 1. The van der Waals surface area contributed by atoms with E-state index in [1.54, 1.807) is 0 Å². The minimum atomic E-state index is -2.65. The van der Waals surface area contributed by atoms with Crippen molar-refractivity contribution in [1.82, 2.24) is 0 Å². The van der Waals surface area contributed by atoms with Crippen LogP contribution in [-0.2, 0) is 9.84 Å². The van der Waals surface area contributed by atoms with Crippen molar-refractivity contribution in [3.05, 3.63) is 0 Å². The van der Waals surface area contributed by atoms with Crippen molar-refractivity contribution < 1.29 is 8.42 Å². The first kappa shape index (κ1) is 8.71. The summed E-state index contributed by atoms with van der Waals surface area (Å²) in [5, 5.41) is 0. The van der Waals surface area contributed by atoms with Gasteiger partial charge in [0.1, 0.15) is 0 Å². The van der Waals surface area contributed by atoms with E-state index >= 15 is 0 Å². The summed E-state index contributed by atoms with van der Waals surface area (Å²) in [6.45, 7) is 4.53. The van der Waals surface area contributed by atoms with Gasteiger partial charge in [-0.1, -0.05) is 0 Å². The average molecular weight is 175 g/mol. The lowest BCUT2D eigenvalue weighted by Crippen LogP contribution is -2.38. The number of sulfone groups is 1. The van der Waals surface area contributed by atoms with Gasteiger partial charge >= 0.3 is 0 Å². The molecule has 0 aromatic rings. The molecule has 0 bridgehead atoms. The second-order valence-electron chi connectivity index (χ2n) is 3.23. The van der Waals surface area contributed by atoms with Crippen LogP contribution in [0.4, 0.5) is 0 Å². The predicted molar refractivity (Wildman–Crippen MR) is 45.8 cm³/mol. The highest BCUT2D eigenvalue weighted by molar-refractivity contribution is 7.92. The molecule has 0 amide bonds. The zero-order chi connectivity index (χ0) is 8.48. The molecule has 0 N–H and O–H groups in total. The molecule has 0 radical (unpaired) electrons. The van der Waals surface area contributed by atoms with Crippen molar-refractivity contribution in [3.63, 3.8) is 0 Å². The van der Waals surface area contributed by atoms with Gasteiger partial charge in [-0.2, -0.15) is 0 Å². The van der Waals surface area contributed by atoms with Crippen molar-refractivity contribution in [2.24, 2.45) is 10.9 Å². The third-order valence-electron chi connectivity index (χ3n) is 1.64. The maximum absolute atomic E-state index is 10.7. The van der Waals surface area contributed by atoms with Crippen LogP contribution >= 0.6 is 0 Å². The van der Waals surface area contributed by atoms with Crippen LogP contribution in [0.5, 0.6) is 0 Å². The molecule has 1 rings (SSSR count). The first-order valence-corrected chi connectivity index (χ1v) is 5.50. The molecule has 1 heterocycles. The fourth-order valence-electron chi connectivity index (χ4n) is 1.09. The van der Waals surface area contributed by atoms with E-state index in [2.05, 4.69) is 4.99 Å². The molecule has 1 saturated heterocycles. The quantitative estimate of drug-likeness (QED) is 0.574. The summed E-state index contributed by atoms with van der Waals surface area (Å²) in [5.74, 6) is 0.961. The van der Waals surface area contributed by atoms with Crippen LogP contribution in [0.15, 0.2) is 4.99 Å². The van der Waals surface area contributed by atoms with Gasteiger partial charge in [0.2, 0.25) is 0 Å². The Kier molecular flexibility index (Phi) is 2.32. The Morgan fingerprint density at radius 3 is 2.36 bits per heavy atom. The molecule has 0 aliphatic carbocycles. The zero-order valence-corrected chi connectivity index (χ0v) is 7.69. The molecular weight excluding hydrogens is 162 g/mol. The standard InChI is InChI=1S/C7H13NO2S/c1-6(2)8-3-7-4-11(9,10)5-7/h7H,3-5H2,1-2H3. The summed E-state index contributed by atoms with van der Waals surface area (Å²) < 4.78 is 21.4. The topological polar surface area (TPSA) is 46.5 Å². The van der Waals surface area contributed by atoms with Gasteiger partial charge in [-0.15, -0.1) is 0 Å². The highest BCUT2D eigenvalue weighted by Gasteiger charge is 2.32. The SMILES string of the molecule is CC(C)=NCC1CS(=O)(=O)C1. The number of hydrogen-bond donors (Lipinski definition) is 0. The number of hydrogen-bond acceptors (Lipinski definition) is 3.